The van der Waals surface area contributed by atoms with E-state index in [9.17, 15) is 9.59 Å². The van der Waals surface area contributed by atoms with E-state index in [1.807, 2.05) is 0 Å². The number of hydrogen-bond acceptors (Lipinski definition) is 3. The highest BCUT2D eigenvalue weighted by atomic mass is 16.2. The van der Waals surface area contributed by atoms with Crippen molar-refractivity contribution in [1.82, 2.24) is 5.43 Å². The average Bonchev–Trinajstić information content (AvgIpc) is 2.74. The summed E-state index contributed by atoms with van der Waals surface area (Å²) in [6.07, 6.45) is 4.05. The van der Waals surface area contributed by atoms with Crippen LogP contribution in [0.25, 0.3) is 0 Å². The maximum Gasteiger partial charge on any atom is 0.240 e. The summed E-state index contributed by atoms with van der Waals surface area (Å²) in [7, 11) is 0. The van der Waals surface area contributed by atoms with E-state index in [2.05, 4.69) is 5.43 Å². The van der Waals surface area contributed by atoms with Crippen LogP contribution in [0.15, 0.2) is 0 Å². The molecule has 0 aliphatic heterocycles. The number of rotatable bonds is 2. The second-order valence-corrected chi connectivity index (χ2v) is 4.77. The van der Waals surface area contributed by atoms with Crippen LogP contribution < -0.4 is 11.3 Å². The van der Waals surface area contributed by atoms with Crippen molar-refractivity contribution in [2.75, 3.05) is 0 Å². The van der Waals surface area contributed by atoms with Crippen LogP contribution in [0.1, 0.15) is 39.0 Å². The molecule has 2 saturated carbocycles. The predicted octanol–water partition coefficient (Wildman–Crippen LogP) is 0.516. The number of fused-ring (bicyclic) bond motifs is 2. The van der Waals surface area contributed by atoms with Crippen molar-refractivity contribution in [3.05, 3.63) is 0 Å². The first-order chi connectivity index (χ1) is 6.55. The molecular formula is C10H16N2O2. The van der Waals surface area contributed by atoms with Gasteiger partial charge in [0, 0.05) is 5.41 Å². The van der Waals surface area contributed by atoms with Crippen molar-refractivity contribution in [2.24, 2.45) is 16.7 Å². The van der Waals surface area contributed by atoms with Gasteiger partial charge in [-0.05, 0) is 39.0 Å². The molecule has 2 fully saturated rings. The molecule has 4 heteroatoms. The fourth-order valence-electron chi connectivity index (χ4n) is 3.15. The van der Waals surface area contributed by atoms with E-state index < -0.39 is 0 Å². The van der Waals surface area contributed by atoms with Crippen LogP contribution in [-0.4, -0.2) is 11.7 Å². The molecule has 0 atom stereocenters. The first-order valence-electron chi connectivity index (χ1n) is 5.07. The molecule has 14 heavy (non-hydrogen) atoms. The number of amides is 1. The van der Waals surface area contributed by atoms with E-state index >= 15 is 0 Å². The summed E-state index contributed by atoms with van der Waals surface area (Å²) in [5, 5.41) is 0. The maximum absolute atomic E-state index is 11.6. The molecule has 2 aliphatic rings. The van der Waals surface area contributed by atoms with Gasteiger partial charge in [-0.1, -0.05) is 0 Å². The number of carbonyl (C=O) groups is 2. The Balaban J connectivity index is 2.24. The zero-order valence-corrected chi connectivity index (χ0v) is 8.43. The second-order valence-electron chi connectivity index (χ2n) is 4.77. The molecule has 0 heterocycles. The van der Waals surface area contributed by atoms with Gasteiger partial charge in [-0.3, -0.25) is 15.0 Å². The van der Waals surface area contributed by atoms with E-state index in [-0.39, 0.29) is 22.5 Å². The van der Waals surface area contributed by atoms with Gasteiger partial charge in [-0.2, -0.15) is 0 Å². The Hall–Kier alpha value is -0.900. The van der Waals surface area contributed by atoms with E-state index in [0.29, 0.717) is 6.42 Å². The minimum absolute atomic E-state index is 0.0851. The van der Waals surface area contributed by atoms with Crippen molar-refractivity contribution in [2.45, 2.75) is 39.0 Å². The van der Waals surface area contributed by atoms with E-state index in [1.54, 1.807) is 6.92 Å². The van der Waals surface area contributed by atoms with E-state index in [0.717, 1.165) is 25.7 Å². The number of carbonyl (C=O) groups excluding carboxylic acids is 2. The molecule has 0 radical (unpaired) electrons. The summed E-state index contributed by atoms with van der Waals surface area (Å²) >= 11 is 0. The van der Waals surface area contributed by atoms with Crippen molar-refractivity contribution < 1.29 is 9.59 Å². The Morgan fingerprint density at radius 2 is 1.64 bits per heavy atom. The van der Waals surface area contributed by atoms with Crippen LogP contribution in [0.3, 0.4) is 0 Å². The SMILES string of the molecule is CC(=O)C12CCC(C(=O)NN)(CC1)C2. The fraction of sp³-hybridized carbons (Fsp3) is 0.800. The van der Waals surface area contributed by atoms with Gasteiger partial charge in [-0.15, -0.1) is 0 Å². The van der Waals surface area contributed by atoms with Crippen LogP contribution in [0.4, 0.5) is 0 Å². The minimum atomic E-state index is -0.333. The molecule has 2 bridgehead atoms. The molecule has 0 aromatic heterocycles. The van der Waals surface area contributed by atoms with Crippen LogP contribution in [-0.2, 0) is 9.59 Å². The molecule has 4 nitrogen and oxygen atoms in total. The standard InChI is InChI=1S/C10H16N2O2/c1-7(13)9-2-4-10(6-9,5-3-9)8(14)12-11/h2-6,11H2,1H3,(H,12,14). The number of hydrogen-bond donors (Lipinski definition) is 2. The van der Waals surface area contributed by atoms with Gasteiger partial charge in [0.15, 0.2) is 0 Å². The second kappa shape index (κ2) is 2.79. The third kappa shape index (κ3) is 1.03. The molecule has 78 valence electrons. The van der Waals surface area contributed by atoms with E-state index in [1.165, 1.54) is 0 Å². The fourth-order valence-corrected chi connectivity index (χ4v) is 3.15. The predicted molar refractivity (Wildman–Crippen MR) is 51.0 cm³/mol. The molecule has 2 rings (SSSR count). The first-order valence-corrected chi connectivity index (χ1v) is 5.07. The molecule has 3 N–H and O–H groups in total. The molecule has 0 spiro atoms. The lowest BCUT2D eigenvalue weighted by Crippen LogP contribution is -2.42. The lowest BCUT2D eigenvalue weighted by atomic mass is 9.80. The highest BCUT2D eigenvalue weighted by Crippen LogP contribution is 2.61. The normalized spacial score (nSPS) is 39.9. The maximum atomic E-state index is 11.6. The average molecular weight is 196 g/mol. The summed E-state index contributed by atoms with van der Waals surface area (Å²) in [4.78, 5) is 23.1. The molecule has 1 amide bonds. The zero-order chi connectivity index (χ0) is 10.4. The molecule has 0 aromatic carbocycles. The Morgan fingerprint density at radius 3 is 2.00 bits per heavy atom. The van der Waals surface area contributed by atoms with Gasteiger partial charge >= 0.3 is 0 Å². The van der Waals surface area contributed by atoms with Gasteiger partial charge in [0.25, 0.3) is 0 Å². The molecular weight excluding hydrogens is 180 g/mol. The van der Waals surface area contributed by atoms with Crippen LogP contribution in [0.5, 0.6) is 0 Å². The summed E-state index contributed by atoms with van der Waals surface area (Å²) in [6.45, 7) is 1.64. The molecule has 0 saturated heterocycles. The smallest absolute Gasteiger partial charge is 0.240 e. The van der Waals surface area contributed by atoms with Gasteiger partial charge in [0.2, 0.25) is 5.91 Å². The van der Waals surface area contributed by atoms with Gasteiger partial charge in [0.1, 0.15) is 5.78 Å². The Bertz CT molecular complexity index is 290. The Labute approximate surface area is 83.2 Å². The van der Waals surface area contributed by atoms with Crippen molar-refractivity contribution in [3.8, 4) is 0 Å². The third-order valence-electron chi connectivity index (χ3n) is 4.20. The van der Waals surface area contributed by atoms with Crippen molar-refractivity contribution in [3.63, 3.8) is 0 Å². The highest BCUT2D eigenvalue weighted by Gasteiger charge is 2.59. The summed E-state index contributed by atoms with van der Waals surface area (Å²) in [6, 6.07) is 0. The Morgan fingerprint density at radius 1 is 1.14 bits per heavy atom. The van der Waals surface area contributed by atoms with Gasteiger partial charge in [0.05, 0.1) is 5.41 Å². The number of nitrogens with one attached hydrogen (secondary N) is 1. The lowest BCUT2D eigenvalue weighted by molar-refractivity contribution is -0.130. The minimum Gasteiger partial charge on any atom is -0.299 e. The lowest BCUT2D eigenvalue weighted by Gasteiger charge is -2.24. The van der Waals surface area contributed by atoms with Crippen molar-refractivity contribution >= 4 is 11.7 Å². The monoisotopic (exact) mass is 196 g/mol. The largest absolute Gasteiger partial charge is 0.299 e. The summed E-state index contributed by atoms with van der Waals surface area (Å²) < 4.78 is 0. The van der Waals surface area contributed by atoms with E-state index in [4.69, 9.17) is 5.84 Å². The van der Waals surface area contributed by atoms with Gasteiger partial charge < -0.3 is 0 Å². The van der Waals surface area contributed by atoms with Crippen LogP contribution >= 0.6 is 0 Å². The van der Waals surface area contributed by atoms with Crippen LogP contribution in [0, 0.1) is 10.8 Å². The number of nitrogens with two attached hydrogens (primary N) is 1. The van der Waals surface area contributed by atoms with Crippen molar-refractivity contribution in [1.29, 1.82) is 0 Å². The number of ketones is 1. The zero-order valence-electron chi connectivity index (χ0n) is 8.43. The number of Topliss-reactive ketones (excluding diaryl/α,β-unsaturated/α-hetero) is 1. The quantitative estimate of drug-likeness (QED) is 0.384. The molecule has 2 aliphatic carbocycles. The first kappa shape index (κ1) is 9.65. The topological polar surface area (TPSA) is 72.2 Å². The molecule has 0 unspecified atom stereocenters. The van der Waals surface area contributed by atoms with Gasteiger partial charge in [-0.25, -0.2) is 5.84 Å². The highest BCUT2D eigenvalue weighted by molar-refractivity contribution is 5.89. The van der Waals surface area contributed by atoms with Crippen LogP contribution in [0.2, 0.25) is 0 Å². The molecule has 0 aromatic rings. The Kier molecular flexibility index (Phi) is 1.93. The summed E-state index contributed by atoms with van der Waals surface area (Å²) in [5.74, 6) is 5.32. The number of hydrazine groups is 1. The summed E-state index contributed by atoms with van der Waals surface area (Å²) in [5.41, 5.74) is 1.70. The third-order valence-corrected chi connectivity index (χ3v) is 4.20.